The summed E-state index contributed by atoms with van der Waals surface area (Å²) in [5.41, 5.74) is 7.82. The fourth-order valence-corrected chi connectivity index (χ4v) is 2.13. The summed E-state index contributed by atoms with van der Waals surface area (Å²) in [4.78, 5) is 2.31. The number of aliphatic hydroxyl groups is 1. The highest BCUT2D eigenvalue weighted by molar-refractivity contribution is 5.54. The second kappa shape index (κ2) is 6.00. The number of ether oxygens (including phenoxy) is 1. The number of anilines is 1. The number of morpholine rings is 1. The largest absolute Gasteiger partial charge is 0.391 e. The van der Waals surface area contributed by atoms with Gasteiger partial charge in [-0.2, -0.15) is 0 Å². The number of hydrogen-bond acceptors (Lipinski definition) is 4. The average Bonchev–Trinajstić information content (AvgIpc) is 2.40. The smallest absolute Gasteiger partial charge is 0.0703 e. The summed E-state index contributed by atoms with van der Waals surface area (Å²) in [6.07, 6.45) is 0.154. The Hall–Kier alpha value is -1.10. The van der Waals surface area contributed by atoms with Gasteiger partial charge in [0, 0.05) is 31.7 Å². The van der Waals surface area contributed by atoms with Gasteiger partial charge in [0.25, 0.3) is 0 Å². The molecule has 4 nitrogen and oxygen atoms in total. The maximum absolute atomic E-state index is 9.67. The van der Waals surface area contributed by atoms with Gasteiger partial charge in [-0.25, -0.2) is 0 Å². The van der Waals surface area contributed by atoms with Crippen molar-refractivity contribution < 1.29 is 9.84 Å². The molecule has 1 aliphatic rings. The molecule has 1 aromatic rings. The van der Waals surface area contributed by atoms with Crippen molar-refractivity contribution in [2.24, 2.45) is 5.73 Å². The van der Waals surface area contributed by atoms with E-state index in [-0.39, 0.29) is 0 Å². The van der Waals surface area contributed by atoms with Gasteiger partial charge in [0.15, 0.2) is 0 Å². The summed E-state index contributed by atoms with van der Waals surface area (Å²) in [7, 11) is 0. The van der Waals surface area contributed by atoms with E-state index in [0.717, 1.165) is 31.9 Å². The first-order chi connectivity index (χ1) is 8.31. The Bertz CT molecular complexity index is 351. The van der Waals surface area contributed by atoms with Gasteiger partial charge in [-0.15, -0.1) is 0 Å². The van der Waals surface area contributed by atoms with Gasteiger partial charge in [0.2, 0.25) is 0 Å². The van der Waals surface area contributed by atoms with Gasteiger partial charge >= 0.3 is 0 Å². The van der Waals surface area contributed by atoms with E-state index < -0.39 is 6.10 Å². The lowest BCUT2D eigenvalue weighted by Crippen LogP contribution is -2.37. The molecule has 0 aliphatic carbocycles. The van der Waals surface area contributed by atoms with E-state index in [1.165, 1.54) is 5.69 Å². The second-order valence-corrected chi connectivity index (χ2v) is 4.32. The molecule has 1 atom stereocenters. The molecule has 0 spiro atoms. The lowest BCUT2D eigenvalue weighted by Gasteiger charge is -2.31. The Labute approximate surface area is 102 Å². The first-order valence-electron chi connectivity index (χ1n) is 6.10. The number of para-hydroxylation sites is 1. The number of nitrogens with zero attached hydrogens (tertiary/aromatic N) is 1. The van der Waals surface area contributed by atoms with E-state index in [2.05, 4.69) is 17.0 Å². The van der Waals surface area contributed by atoms with Crippen LogP contribution in [0.2, 0.25) is 0 Å². The van der Waals surface area contributed by atoms with Crippen LogP contribution < -0.4 is 10.6 Å². The molecule has 3 N–H and O–H groups in total. The summed E-state index contributed by atoms with van der Waals surface area (Å²) in [6.45, 7) is 3.67. The number of aliphatic hydroxyl groups excluding tert-OH is 1. The lowest BCUT2D eigenvalue weighted by molar-refractivity contribution is 0.122. The predicted octanol–water partition coefficient (Wildman–Crippen LogP) is 0.385. The third-order valence-electron chi connectivity index (χ3n) is 3.07. The quantitative estimate of drug-likeness (QED) is 0.794. The van der Waals surface area contributed by atoms with Crippen molar-refractivity contribution in [1.29, 1.82) is 0 Å². The maximum Gasteiger partial charge on any atom is 0.0703 e. The first kappa shape index (κ1) is 12.4. The van der Waals surface area contributed by atoms with E-state index in [1.807, 2.05) is 12.1 Å². The third kappa shape index (κ3) is 3.19. The average molecular weight is 236 g/mol. The highest BCUT2D eigenvalue weighted by Crippen LogP contribution is 2.22. The van der Waals surface area contributed by atoms with Crippen LogP contribution in [0.4, 0.5) is 5.69 Å². The van der Waals surface area contributed by atoms with Crippen molar-refractivity contribution in [1.82, 2.24) is 0 Å². The molecule has 1 saturated heterocycles. The molecule has 0 amide bonds. The molecule has 94 valence electrons. The van der Waals surface area contributed by atoms with Crippen LogP contribution in [0, 0.1) is 0 Å². The normalized spacial score (nSPS) is 18.1. The topological polar surface area (TPSA) is 58.7 Å². The zero-order valence-corrected chi connectivity index (χ0v) is 10.0. The molecule has 4 heteroatoms. The van der Waals surface area contributed by atoms with Crippen LogP contribution >= 0.6 is 0 Å². The summed E-state index contributed by atoms with van der Waals surface area (Å²) in [5, 5.41) is 9.67. The van der Waals surface area contributed by atoms with Crippen LogP contribution in [0.15, 0.2) is 24.3 Å². The Morgan fingerprint density at radius 1 is 1.29 bits per heavy atom. The van der Waals surface area contributed by atoms with E-state index in [1.54, 1.807) is 0 Å². The van der Waals surface area contributed by atoms with Crippen LogP contribution in [0.1, 0.15) is 5.56 Å². The molecule has 1 unspecified atom stereocenters. The maximum atomic E-state index is 9.67. The minimum absolute atomic E-state index is 0.303. The Morgan fingerprint density at radius 3 is 2.71 bits per heavy atom. The molecule has 1 aliphatic heterocycles. The molecule has 17 heavy (non-hydrogen) atoms. The van der Waals surface area contributed by atoms with Crippen molar-refractivity contribution in [2.45, 2.75) is 12.5 Å². The highest BCUT2D eigenvalue weighted by Gasteiger charge is 2.15. The summed E-state index contributed by atoms with van der Waals surface area (Å²) in [5.74, 6) is 0. The van der Waals surface area contributed by atoms with E-state index in [9.17, 15) is 5.11 Å². The van der Waals surface area contributed by atoms with Crippen LogP contribution in [-0.2, 0) is 11.2 Å². The minimum atomic E-state index is -0.461. The molecule has 0 radical (unpaired) electrons. The SMILES string of the molecule is NCC(O)Cc1ccccc1N1CCOCC1. The Morgan fingerprint density at radius 2 is 2.00 bits per heavy atom. The zero-order valence-electron chi connectivity index (χ0n) is 10.0. The number of benzene rings is 1. The third-order valence-corrected chi connectivity index (χ3v) is 3.07. The standard InChI is InChI=1S/C13H20N2O2/c14-10-12(16)9-11-3-1-2-4-13(11)15-5-7-17-8-6-15/h1-4,12,16H,5-10,14H2. The number of hydrogen-bond donors (Lipinski definition) is 2. The van der Waals surface area contributed by atoms with E-state index in [4.69, 9.17) is 10.5 Å². The monoisotopic (exact) mass is 236 g/mol. The van der Waals surface area contributed by atoms with Crippen molar-refractivity contribution in [3.05, 3.63) is 29.8 Å². The van der Waals surface area contributed by atoms with Gasteiger partial charge in [-0.3, -0.25) is 0 Å². The molecule has 2 rings (SSSR count). The Kier molecular flexibility index (Phi) is 4.36. The molecular weight excluding hydrogens is 216 g/mol. The van der Waals surface area contributed by atoms with Crippen LogP contribution in [0.5, 0.6) is 0 Å². The Balaban J connectivity index is 2.14. The van der Waals surface area contributed by atoms with Gasteiger partial charge < -0.3 is 20.5 Å². The summed E-state index contributed by atoms with van der Waals surface area (Å²) < 4.78 is 5.35. The van der Waals surface area contributed by atoms with E-state index >= 15 is 0 Å². The van der Waals surface area contributed by atoms with Crippen molar-refractivity contribution in [2.75, 3.05) is 37.7 Å². The molecule has 0 bridgehead atoms. The van der Waals surface area contributed by atoms with Gasteiger partial charge in [-0.1, -0.05) is 18.2 Å². The number of rotatable bonds is 4. The molecule has 0 saturated carbocycles. The van der Waals surface area contributed by atoms with Gasteiger partial charge in [0.05, 0.1) is 19.3 Å². The van der Waals surface area contributed by atoms with Gasteiger partial charge in [0.1, 0.15) is 0 Å². The first-order valence-corrected chi connectivity index (χ1v) is 6.10. The van der Waals surface area contributed by atoms with Crippen LogP contribution in [-0.4, -0.2) is 44.1 Å². The summed E-state index contributed by atoms with van der Waals surface area (Å²) >= 11 is 0. The molecule has 0 aromatic heterocycles. The highest BCUT2D eigenvalue weighted by atomic mass is 16.5. The van der Waals surface area contributed by atoms with Crippen LogP contribution in [0.25, 0.3) is 0 Å². The molecule has 1 heterocycles. The van der Waals surface area contributed by atoms with E-state index in [0.29, 0.717) is 13.0 Å². The second-order valence-electron chi connectivity index (χ2n) is 4.32. The van der Waals surface area contributed by atoms with Gasteiger partial charge in [-0.05, 0) is 11.6 Å². The molecule has 1 fully saturated rings. The predicted molar refractivity (Wildman–Crippen MR) is 68.2 cm³/mol. The van der Waals surface area contributed by atoms with Crippen molar-refractivity contribution in [3.63, 3.8) is 0 Å². The van der Waals surface area contributed by atoms with Crippen LogP contribution in [0.3, 0.4) is 0 Å². The number of nitrogens with two attached hydrogens (primary N) is 1. The lowest BCUT2D eigenvalue weighted by atomic mass is 10.0. The fraction of sp³-hybridized carbons (Fsp3) is 0.538. The molecule has 1 aromatic carbocycles. The fourth-order valence-electron chi connectivity index (χ4n) is 2.13. The zero-order chi connectivity index (χ0) is 12.1. The van der Waals surface area contributed by atoms with Crippen molar-refractivity contribution >= 4 is 5.69 Å². The molecular formula is C13H20N2O2. The van der Waals surface area contributed by atoms with Crippen molar-refractivity contribution in [3.8, 4) is 0 Å². The minimum Gasteiger partial charge on any atom is -0.391 e. The summed E-state index contributed by atoms with van der Waals surface area (Å²) in [6, 6.07) is 8.19.